The van der Waals surface area contributed by atoms with Gasteiger partial charge in [0.25, 0.3) is 0 Å². The minimum absolute atomic E-state index is 0.782. The smallest absolute Gasteiger partial charge is 0.129 e. The summed E-state index contributed by atoms with van der Waals surface area (Å²) in [5.74, 6) is 0.952. The Labute approximate surface area is 78.6 Å². The molecule has 1 aromatic rings. The van der Waals surface area contributed by atoms with Crippen molar-refractivity contribution in [3.63, 3.8) is 0 Å². The van der Waals surface area contributed by atoms with Crippen LogP contribution in [0.3, 0.4) is 0 Å². The molecule has 0 saturated heterocycles. The van der Waals surface area contributed by atoms with Crippen molar-refractivity contribution in [1.29, 1.82) is 0 Å². The molecule has 3 nitrogen and oxygen atoms in total. The lowest BCUT2D eigenvalue weighted by molar-refractivity contribution is 0.664. The average molecular weight is 177 g/mol. The van der Waals surface area contributed by atoms with Gasteiger partial charge in [-0.2, -0.15) is 0 Å². The molecule has 1 heterocycles. The molecule has 0 aliphatic heterocycles. The Kier molecular flexibility index (Phi) is 2.54. The highest BCUT2D eigenvalue weighted by Gasteiger charge is 2.19. The molecule has 0 spiro atoms. The molecule has 1 aliphatic carbocycles. The average Bonchev–Trinajstić information content (AvgIpc) is 2.88. The summed E-state index contributed by atoms with van der Waals surface area (Å²) in [5, 5.41) is 3.44. The normalized spacial score (nSPS) is 16.1. The summed E-state index contributed by atoms with van der Waals surface area (Å²) in [6.45, 7) is 3.01. The quantitative estimate of drug-likeness (QED) is 0.747. The van der Waals surface area contributed by atoms with Crippen LogP contribution in [0.15, 0.2) is 12.3 Å². The van der Waals surface area contributed by atoms with Crippen molar-refractivity contribution in [2.24, 2.45) is 0 Å². The highest BCUT2D eigenvalue weighted by Crippen LogP contribution is 2.18. The van der Waals surface area contributed by atoms with Crippen LogP contribution in [0.25, 0.3) is 0 Å². The van der Waals surface area contributed by atoms with E-state index in [1.54, 1.807) is 0 Å². The zero-order valence-electron chi connectivity index (χ0n) is 7.95. The van der Waals surface area contributed by atoms with Crippen LogP contribution in [0.2, 0.25) is 0 Å². The van der Waals surface area contributed by atoms with E-state index in [-0.39, 0.29) is 0 Å². The van der Waals surface area contributed by atoms with E-state index in [0.717, 1.165) is 30.5 Å². The number of rotatable bonds is 4. The van der Waals surface area contributed by atoms with Gasteiger partial charge in [-0.25, -0.2) is 9.97 Å². The molecule has 1 fully saturated rings. The molecule has 1 saturated carbocycles. The first-order valence-electron chi connectivity index (χ1n) is 4.86. The largest absolute Gasteiger partial charge is 0.314 e. The Morgan fingerprint density at radius 3 is 3.08 bits per heavy atom. The third kappa shape index (κ3) is 2.77. The Balaban J connectivity index is 1.79. The highest BCUT2D eigenvalue weighted by atomic mass is 15.0. The molecule has 1 N–H and O–H groups in total. The first-order valence-corrected chi connectivity index (χ1v) is 4.86. The summed E-state index contributed by atoms with van der Waals surface area (Å²) in [5.41, 5.74) is 1.05. The molecule has 0 bridgehead atoms. The maximum absolute atomic E-state index is 4.34. The van der Waals surface area contributed by atoms with Crippen molar-refractivity contribution in [3.8, 4) is 0 Å². The van der Waals surface area contributed by atoms with Crippen molar-refractivity contribution in [2.75, 3.05) is 6.54 Å². The van der Waals surface area contributed by atoms with Crippen LogP contribution in [0.1, 0.15) is 24.4 Å². The zero-order valence-corrected chi connectivity index (χ0v) is 7.95. The fourth-order valence-electron chi connectivity index (χ4n) is 1.30. The fraction of sp³-hybridized carbons (Fsp3) is 0.600. The summed E-state index contributed by atoms with van der Waals surface area (Å²) >= 11 is 0. The van der Waals surface area contributed by atoms with Crippen molar-refractivity contribution < 1.29 is 0 Å². The van der Waals surface area contributed by atoms with Crippen molar-refractivity contribution in [1.82, 2.24) is 15.3 Å². The van der Waals surface area contributed by atoms with Crippen LogP contribution in [0, 0.1) is 6.92 Å². The number of aromatic nitrogens is 2. The monoisotopic (exact) mass is 177 g/mol. The van der Waals surface area contributed by atoms with E-state index >= 15 is 0 Å². The van der Waals surface area contributed by atoms with Crippen LogP contribution in [0.5, 0.6) is 0 Å². The Morgan fingerprint density at radius 1 is 1.54 bits per heavy atom. The molecule has 3 heteroatoms. The second-order valence-corrected chi connectivity index (χ2v) is 3.59. The maximum atomic E-state index is 4.34. The van der Waals surface area contributed by atoms with Gasteiger partial charge in [-0.15, -0.1) is 0 Å². The summed E-state index contributed by atoms with van der Waals surface area (Å²) in [7, 11) is 0. The molecule has 0 atom stereocenters. The van der Waals surface area contributed by atoms with E-state index in [2.05, 4.69) is 15.3 Å². The molecule has 0 unspecified atom stereocenters. The van der Waals surface area contributed by atoms with Crippen molar-refractivity contribution >= 4 is 0 Å². The first-order chi connectivity index (χ1) is 6.34. The molecule has 1 aliphatic rings. The second kappa shape index (κ2) is 3.83. The van der Waals surface area contributed by atoms with Gasteiger partial charge < -0.3 is 5.32 Å². The molecule has 0 amide bonds. The molecule has 70 valence electrons. The summed E-state index contributed by atoms with van der Waals surface area (Å²) in [6.07, 6.45) is 5.45. The number of hydrogen-bond donors (Lipinski definition) is 1. The number of nitrogens with zero attached hydrogens (tertiary/aromatic N) is 2. The van der Waals surface area contributed by atoms with Crippen LogP contribution >= 0.6 is 0 Å². The Bertz CT molecular complexity index is 281. The molecular weight excluding hydrogens is 162 g/mol. The number of aryl methyl sites for hydroxylation is 1. The summed E-state index contributed by atoms with van der Waals surface area (Å²) in [6, 6.07) is 2.71. The van der Waals surface area contributed by atoms with Crippen LogP contribution < -0.4 is 5.32 Å². The van der Waals surface area contributed by atoms with Crippen LogP contribution in [-0.4, -0.2) is 22.6 Å². The molecule has 2 rings (SSSR count). The molecular formula is C10H15N3. The molecule has 13 heavy (non-hydrogen) atoms. The van der Waals surface area contributed by atoms with Gasteiger partial charge >= 0.3 is 0 Å². The van der Waals surface area contributed by atoms with Gasteiger partial charge in [0.1, 0.15) is 5.82 Å². The minimum atomic E-state index is 0.782. The SMILES string of the molecule is Cc1ccnc(CCNC2CC2)n1. The van der Waals surface area contributed by atoms with Gasteiger partial charge in [-0.3, -0.25) is 0 Å². The van der Waals surface area contributed by atoms with Gasteiger partial charge in [-0.05, 0) is 25.8 Å². The Hall–Kier alpha value is -0.960. The highest BCUT2D eigenvalue weighted by molar-refractivity contribution is 5.00. The van der Waals surface area contributed by atoms with E-state index in [9.17, 15) is 0 Å². The molecule has 1 aromatic heterocycles. The van der Waals surface area contributed by atoms with E-state index < -0.39 is 0 Å². The first kappa shape index (κ1) is 8.63. The lowest BCUT2D eigenvalue weighted by atomic mass is 10.3. The third-order valence-electron chi connectivity index (χ3n) is 2.20. The van der Waals surface area contributed by atoms with E-state index in [4.69, 9.17) is 0 Å². The van der Waals surface area contributed by atoms with Crippen LogP contribution in [-0.2, 0) is 6.42 Å². The second-order valence-electron chi connectivity index (χ2n) is 3.59. The van der Waals surface area contributed by atoms with Gasteiger partial charge in [0.2, 0.25) is 0 Å². The number of hydrogen-bond acceptors (Lipinski definition) is 3. The van der Waals surface area contributed by atoms with E-state index in [1.165, 1.54) is 12.8 Å². The van der Waals surface area contributed by atoms with Gasteiger partial charge in [0.05, 0.1) is 0 Å². The maximum Gasteiger partial charge on any atom is 0.129 e. The minimum Gasteiger partial charge on any atom is -0.314 e. The lowest BCUT2D eigenvalue weighted by Crippen LogP contribution is -2.20. The van der Waals surface area contributed by atoms with Gasteiger partial charge in [0, 0.05) is 30.9 Å². The summed E-state index contributed by atoms with van der Waals surface area (Å²) in [4.78, 5) is 8.55. The molecule has 0 radical (unpaired) electrons. The van der Waals surface area contributed by atoms with Crippen LogP contribution in [0.4, 0.5) is 0 Å². The molecule has 0 aromatic carbocycles. The number of nitrogens with one attached hydrogen (secondary N) is 1. The Morgan fingerprint density at radius 2 is 2.38 bits per heavy atom. The zero-order chi connectivity index (χ0) is 9.10. The van der Waals surface area contributed by atoms with Crippen molar-refractivity contribution in [3.05, 3.63) is 23.8 Å². The van der Waals surface area contributed by atoms with Gasteiger partial charge in [-0.1, -0.05) is 0 Å². The lowest BCUT2D eigenvalue weighted by Gasteiger charge is -2.01. The van der Waals surface area contributed by atoms with Gasteiger partial charge in [0.15, 0.2) is 0 Å². The fourth-order valence-corrected chi connectivity index (χ4v) is 1.30. The topological polar surface area (TPSA) is 37.8 Å². The third-order valence-corrected chi connectivity index (χ3v) is 2.20. The predicted molar refractivity (Wildman–Crippen MR) is 51.5 cm³/mol. The van der Waals surface area contributed by atoms with E-state index in [0.29, 0.717) is 0 Å². The van der Waals surface area contributed by atoms with Crippen molar-refractivity contribution in [2.45, 2.75) is 32.2 Å². The summed E-state index contributed by atoms with van der Waals surface area (Å²) < 4.78 is 0. The predicted octanol–water partition coefficient (Wildman–Crippen LogP) is 1.08. The van der Waals surface area contributed by atoms with E-state index in [1.807, 2.05) is 19.2 Å². The standard InChI is InChI=1S/C10H15N3/c1-8-4-6-12-10(13-8)5-7-11-9-2-3-9/h4,6,9,11H,2-3,5,7H2,1H3.